The first-order valence-corrected chi connectivity index (χ1v) is 5.64. The first-order valence-electron chi connectivity index (χ1n) is 5.64. The Labute approximate surface area is 91.5 Å². The number of aromatic amines is 1. The highest BCUT2D eigenvalue weighted by atomic mass is 16.2. The smallest absolute Gasteiger partial charge is 0.255 e. The van der Waals surface area contributed by atoms with Gasteiger partial charge in [0.05, 0.1) is 5.56 Å². The molecule has 1 N–H and O–H groups in total. The summed E-state index contributed by atoms with van der Waals surface area (Å²) >= 11 is 0. The predicted octanol–water partition coefficient (Wildman–Crippen LogP) is 2.59. The van der Waals surface area contributed by atoms with E-state index in [1.807, 2.05) is 24.1 Å². The molecule has 0 spiro atoms. The Hall–Kier alpha value is -1.25. The first kappa shape index (κ1) is 11.8. The van der Waals surface area contributed by atoms with E-state index in [0.717, 1.165) is 37.2 Å². The van der Waals surface area contributed by atoms with Crippen molar-refractivity contribution in [3.8, 4) is 0 Å². The normalized spacial score (nSPS) is 10.3. The molecule has 0 saturated carbocycles. The molecule has 3 nitrogen and oxygen atoms in total. The minimum atomic E-state index is 0.150. The van der Waals surface area contributed by atoms with E-state index >= 15 is 0 Å². The second-order valence-corrected chi connectivity index (χ2v) is 3.81. The zero-order chi connectivity index (χ0) is 11.3. The first-order chi connectivity index (χ1) is 7.20. The van der Waals surface area contributed by atoms with Crippen molar-refractivity contribution in [2.24, 2.45) is 0 Å². The number of hydrogen-bond donors (Lipinski definition) is 1. The highest BCUT2D eigenvalue weighted by Gasteiger charge is 2.16. The third-order valence-corrected chi connectivity index (χ3v) is 2.46. The summed E-state index contributed by atoms with van der Waals surface area (Å²) in [6.45, 7) is 7.82. The lowest BCUT2D eigenvalue weighted by molar-refractivity contribution is 0.0755. The van der Waals surface area contributed by atoms with Crippen LogP contribution < -0.4 is 0 Å². The second kappa shape index (κ2) is 5.59. The van der Waals surface area contributed by atoms with Crippen molar-refractivity contribution >= 4 is 5.91 Å². The molecule has 1 heterocycles. The van der Waals surface area contributed by atoms with Gasteiger partial charge in [-0.15, -0.1) is 0 Å². The third-order valence-electron chi connectivity index (χ3n) is 2.46. The minimum absolute atomic E-state index is 0.150. The number of carbonyl (C=O) groups is 1. The van der Waals surface area contributed by atoms with E-state index in [2.05, 4.69) is 18.8 Å². The van der Waals surface area contributed by atoms with E-state index in [9.17, 15) is 4.79 Å². The van der Waals surface area contributed by atoms with Gasteiger partial charge < -0.3 is 9.88 Å². The summed E-state index contributed by atoms with van der Waals surface area (Å²) in [4.78, 5) is 17.1. The molecule has 84 valence electrons. The maximum Gasteiger partial charge on any atom is 0.255 e. The summed E-state index contributed by atoms with van der Waals surface area (Å²) in [7, 11) is 0. The molecule has 0 aromatic carbocycles. The lowest BCUT2D eigenvalue weighted by Crippen LogP contribution is -2.32. The summed E-state index contributed by atoms with van der Waals surface area (Å²) in [6, 6.07) is 1.86. The van der Waals surface area contributed by atoms with Gasteiger partial charge in [-0.2, -0.15) is 0 Å². The molecule has 1 aromatic heterocycles. The SMILES string of the molecule is CCCN(CCC)C(=O)c1cc[nH]c1C. The molecular formula is C12H20N2O. The Morgan fingerprint density at radius 3 is 2.33 bits per heavy atom. The Kier molecular flexibility index (Phi) is 4.40. The Bertz CT molecular complexity index is 311. The van der Waals surface area contributed by atoms with Crippen LogP contribution in [0.25, 0.3) is 0 Å². The average Bonchev–Trinajstić information content (AvgIpc) is 2.63. The topological polar surface area (TPSA) is 36.1 Å². The second-order valence-electron chi connectivity index (χ2n) is 3.81. The summed E-state index contributed by atoms with van der Waals surface area (Å²) in [5.41, 5.74) is 1.76. The third kappa shape index (κ3) is 2.85. The van der Waals surface area contributed by atoms with Gasteiger partial charge in [-0.3, -0.25) is 4.79 Å². The molecule has 0 aliphatic heterocycles. The molecule has 0 aliphatic rings. The monoisotopic (exact) mass is 208 g/mol. The van der Waals surface area contributed by atoms with Crippen LogP contribution in [0.15, 0.2) is 12.3 Å². The summed E-state index contributed by atoms with van der Waals surface area (Å²) in [5, 5.41) is 0. The molecule has 0 unspecified atom stereocenters. The van der Waals surface area contributed by atoms with Crippen molar-refractivity contribution in [2.75, 3.05) is 13.1 Å². The maximum atomic E-state index is 12.1. The number of amides is 1. The van der Waals surface area contributed by atoms with Crippen molar-refractivity contribution in [3.63, 3.8) is 0 Å². The fourth-order valence-corrected chi connectivity index (χ4v) is 1.71. The van der Waals surface area contributed by atoms with Gasteiger partial charge in [0.2, 0.25) is 0 Å². The number of carbonyl (C=O) groups excluding carboxylic acids is 1. The number of nitrogens with zero attached hydrogens (tertiary/aromatic N) is 1. The largest absolute Gasteiger partial charge is 0.365 e. The van der Waals surface area contributed by atoms with Crippen LogP contribution in [0.1, 0.15) is 42.7 Å². The number of rotatable bonds is 5. The summed E-state index contributed by atoms with van der Waals surface area (Å²) in [6.07, 6.45) is 3.84. The molecule has 0 saturated heterocycles. The van der Waals surface area contributed by atoms with Crippen LogP contribution in [0.5, 0.6) is 0 Å². The van der Waals surface area contributed by atoms with Crippen LogP contribution in [0, 0.1) is 6.92 Å². The van der Waals surface area contributed by atoms with Gasteiger partial charge >= 0.3 is 0 Å². The zero-order valence-corrected chi connectivity index (χ0v) is 9.84. The number of aromatic nitrogens is 1. The maximum absolute atomic E-state index is 12.1. The highest BCUT2D eigenvalue weighted by Crippen LogP contribution is 2.10. The molecule has 0 fully saturated rings. The number of H-pyrrole nitrogens is 1. The standard InChI is InChI=1S/C12H20N2O/c1-4-8-14(9-5-2)12(15)11-6-7-13-10(11)3/h6-7,13H,4-5,8-9H2,1-3H3. The molecule has 0 radical (unpaired) electrons. The van der Waals surface area contributed by atoms with E-state index < -0.39 is 0 Å². The zero-order valence-electron chi connectivity index (χ0n) is 9.84. The molecule has 1 amide bonds. The number of aryl methyl sites for hydroxylation is 1. The van der Waals surface area contributed by atoms with Crippen LogP contribution in [-0.2, 0) is 0 Å². The van der Waals surface area contributed by atoms with Crippen LogP contribution in [0.4, 0.5) is 0 Å². The van der Waals surface area contributed by atoms with Crippen LogP contribution in [0.2, 0.25) is 0 Å². The molecule has 0 bridgehead atoms. The fourth-order valence-electron chi connectivity index (χ4n) is 1.71. The van der Waals surface area contributed by atoms with Crippen LogP contribution in [-0.4, -0.2) is 28.9 Å². The molecule has 3 heteroatoms. The van der Waals surface area contributed by atoms with Crippen molar-refractivity contribution < 1.29 is 4.79 Å². The van der Waals surface area contributed by atoms with E-state index in [1.165, 1.54) is 0 Å². The Morgan fingerprint density at radius 1 is 1.33 bits per heavy atom. The van der Waals surface area contributed by atoms with Gasteiger partial charge in [0.15, 0.2) is 0 Å². The predicted molar refractivity (Wildman–Crippen MR) is 62.0 cm³/mol. The Balaban J connectivity index is 2.76. The summed E-state index contributed by atoms with van der Waals surface area (Å²) < 4.78 is 0. The van der Waals surface area contributed by atoms with Gasteiger partial charge in [0, 0.05) is 25.0 Å². The molecule has 1 aromatic rings. The summed E-state index contributed by atoms with van der Waals surface area (Å²) in [5.74, 6) is 0.150. The van der Waals surface area contributed by atoms with E-state index in [-0.39, 0.29) is 5.91 Å². The molecule has 15 heavy (non-hydrogen) atoms. The van der Waals surface area contributed by atoms with E-state index in [0.29, 0.717) is 0 Å². The lowest BCUT2D eigenvalue weighted by Gasteiger charge is -2.21. The van der Waals surface area contributed by atoms with Gasteiger partial charge in [-0.05, 0) is 25.8 Å². The van der Waals surface area contributed by atoms with Crippen molar-refractivity contribution in [1.29, 1.82) is 0 Å². The molecule has 1 rings (SSSR count). The van der Waals surface area contributed by atoms with Gasteiger partial charge in [0.1, 0.15) is 0 Å². The number of nitrogens with one attached hydrogen (secondary N) is 1. The fraction of sp³-hybridized carbons (Fsp3) is 0.583. The highest BCUT2D eigenvalue weighted by molar-refractivity contribution is 5.95. The van der Waals surface area contributed by atoms with E-state index in [1.54, 1.807) is 0 Å². The quantitative estimate of drug-likeness (QED) is 0.793. The van der Waals surface area contributed by atoms with Crippen molar-refractivity contribution in [2.45, 2.75) is 33.6 Å². The average molecular weight is 208 g/mol. The van der Waals surface area contributed by atoms with Gasteiger partial charge in [-0.1, -0.05) is 13.8 Å². The number of hydrogen-bond acceptors (Lipinski definition) is 1. The van der Waals surface area contributed by atoms with Gasteiger partial charge in [0.25, 0.3) is 5.91 Å². The van der Waals surface area contributed by atoms with E-state index in [4.69, 9.17) is 0 Å². The Morgan fingerprint density at radius 2 is 1.93 bits per heavy atom. The van der Waals surface area contributed by atoms with Crippen LogP contribution in [0.3, 0.4) is 0 Å². The molecule has 0 atom stereocenters. The molecule has 0 aliphatic carbocycles. The minimum Gasteiger partial charge on any atom is -0.365 e. The lowest BCUT2D eigenvalue weighted by atomic mass is 10.2. The molecular weight excluding hydrogens is 188 g/mol. The van der Waals surface area contributed by atoms with Crippen molar-refractivity contribution in [3.05, 3.63) is 23.5 Å². The van der Waals surface area contributed by atoms with Gasteiger partial charge in [-0.25, -0.2) is 0 Å². The van der Waals surface area contributed by atoms with Crippen LogP contribution >= 0.6 is 0 Å². The van der Waals surface area contributed by atoms with Crippen molar-refractivity contribution in [1.82, 2.24) is 9.88 Å².